The van der Waals surface area contributed by atoms with Gasteiger partial charge in [-0.05, 0) is 20.8 Å². The molecule has 5 nitrogen and oxygen atoms in total. The highest BCUT2D eigenvalue weighted by Gasteiger charge is 2.50. The first-order chi connectivity index (χ1) is 8.62. The summed E-state index contributed by atoms with van der Waals surface area (Å²) in [5.41, 5.74) is -2.34. The molecule has 0 aromatic heterocycles. The summed E-state index contributed by atoms with van der Waals surface area (Å²) in [5, 5.41) is 0.0484. The average molecular weight is 340 g/mol. The summed E-state index contributed by atoms with van der Waals surface area (Å²) in [6.07, 6.45) is -0.798. The van der Waals surface area contributed by atoms with Gasteiger partial charge in [0.25, 0.3) is 0 Å². The Morgan fingerprint density at radius 2 is 2.05 bits per heavy atom. The minimum absolute atomic E-state index is 0.0484. The number of ether oxygens (including phenoxy) is 2. The highest BCUT2D eigenvalue weighted by Crippen LogP contribution is 2.33. The Bertz CT molecular complexity index is 371. The monoisotopic (exact) mass is 339 g/mol. The molecule has 0 radical (unpaired) electrons. The maximum atomic E-state index is 14.3. The van der Waals surface area contributed by atoms with Crippen LogP contribution in [0.4, 0.5) is 9.18 Å². The summed E-state index contributed by atoms with van der Waals surface area (Å²) in [4.78, 5) is 24.7. The van der Waals surface area contributed by atoms with Gasteiger partial charge in [0.05, 0.1) is 13.7 Å². The van der Waals surface area contributed by atoms with Gasteiger partial charge in [0.15, 0.2) is 0 Å². The predicted octanol–water partition coefficient (Wildman–Crippen LogP) is 2.27. The van der Waals surface area contributed by atoms with Gasteiger partial charge in [0.1, 0.15) is 17.3 Å². The maximum absolute atomic E-state index is 14.3. The number of rotatable bonds is 2. The number of methoxy groups -OCH3 is 1. The SMILES string of the molecule is COC(=O)C1CC(F)(CBr)CN1C(=O)OC(C)(C)C. The fourth-order valence-electron chi connectivity index (χ4n) is 1.89. The molecule has 0 aromatic rings. The van der Waals surface area contributed by atoms with Crippen LogP contribution in [-0.4, -0.2) is 53.3 Å². The minimum Gasteiger partial charge on any atom is -0.467 e. The van der Waals surface area contributed by atoms with Crippen LogP contribution in [0.3, 0.4) is 0 Å². The lowest BCUT2D eigenvalue weighted by molar-refractivity contribution is -0.145. The summed E-state index contributed by atoms with van der Waals surface area (Å²) in [5.74, 6) is -0.633. The van der Waals surface area contributed by atoms with Crippen molar-refractivity contribution in [3.8, 4) is 0 Å². The number of esters is 1. The molecule has 1 fully saturated rings. The number of carbonyl (C=O) groups excluding carboxylic acids is 2. The Morgan fingerprint density at radius 3 is 2.47 bits per heavy atom. The number of carbonyl (C=O) groups is 2. The molecule has 0 N–H and O–H groups in total. The lowest BCUT2D eigenvalue weighted by Crippen LogP contribution is -2.44. The third kappa shape index (κ3) is 4.06. The molecule has 0 aliphatic carbocycles. The zero-order valence-electron chi connectivity index (χ0n) is 11.5. The Hall–Kier alpha value is -0.850. The first-order valence-corrected chi connectivity index (χ1v) is 7.06. The number of nitrogens with zero attached hydrogens (tertiary/aromatic N) is 1. The lowest BCUT2D eigenvalue weighted by Gasteiger charge is -2.27. The minimum atomic E-state index is -1.64. The van der Waals surface area contributed by atoms with E-state index >= 15 is 0 Å². The maximum Gasteiger partial charge on any atom is 0.411 e. The van der Waals surface area contributed by atoms with E-state index in [-0.39, 0.29) is 18.3 Å². The number of alkyl halides is 2. The molecular weight excluding hydrogens is 321 g/mol. The quantitative estimate of drug-likeness (QED) is 0.572. The van der Waals surface area contributed by atoms with Crippen LogP contribution in [0.5, 0.6) is 0 Å². The molecule has 0 aromatic carbocycles. The van der Waals surface area contributed by atoms with Gasteiger partial charge < -0.3 is 9.47 Å². The molecular formula is C12H19BrFNO4. The highest BCUT2D eigenvalue weighted by molar-refractivity contribution is 9.09. The summed E-state index contributed by atoms with van der Waals surface area (Å²) in [6.45, 7) is 4.94. The summed E-state index contributed by atoms with van der Waals surface area (Å²) in [6, 6.07) is -0.942. The van der Waals surface area contributed by atoms with Crippen LogP contribution in [0.25, 0.3) is 0 Å². The smallest absolute Gasteiger partial charge is 0.411 e. The molecule has 1 heterocycles. The normalized spacial score (nSPS) is 27.3. The molecule has 1 amide bonds. The predicted molar refractivity (Wildman–Crippen MR) is 71.0 cm³/mol. The molecule has 7 heteroatoms. The van der Waals surface area contributed by atoms with E-state index in [4.69, 9.17) is 4.74 Å². The number of amides is 1. The van der Waals surface area contributed by atoms with E-state index in [1.54, 1.807) is 20.8 Å². The van der Waals surface area contributed by atoms with Crippen LogP contribution in [-0.2, 0) is 14.3 Å². The standard InChI is InChI=1S/C12H19BrFNO4/c1-11(2,3)19-10(17)15-7-12(14,6-13)5-8(15)9(16)18-4/h8H,5-7H2,1-4H3. The van der Waals surface area contributed by atoms with Crippen LogP contribution in [0.1, 0.15) is 27.2 Å². The van der Waals surface area contributed by atoms with Crippen LogP contribution in [0.2, 0.25) is 0 Å². The van der Waals surface area contributed by atoms with Crippen molar-refractivity contribution in [2.75, 3.05) is 19.0 Å². The number of hydrogen-bond acceptors (Lipinski definition) is 4. The van der Waals surface area contributed by atoms with Gasteiger partial charge in [0.2, 0.25) is 0 Å². The van der Waals surface area contributed by atoms with Gasteiger partial charge in [-0.15, -0.1) is 0 Å². The second-order valence-electron chi connectivity index (χ2n) is 5.64. The first kappa shape index (κ1) is 16.2. The molecule has 0 spiro atoms. The first-order valence-electron chi connectivity index (χ1n) is 5.94. The van der Waals surface area contributed by atoms with E-state index in [0.29, 0.717) is 0 Å². The Morgan fingerprint density at radius 1 is 1.47 bits per heavy atom. The highest BCUT2D eigenvalue weighted by atomic mass is 79.9. The molecule has 2 unspecified atom stereocenters. The molecule has 19 heavy (non-hydrogen) atoms. The van der Waals surface area contributed by atoms with E-state index in [0.717, 1.165) is 4.90 Å². The lowest BCUT2D eigenvalue weighted by atomic mass is 10.1. The topological polar surface area (TPSA) is 55.8 Å². The molecule has 0 saturated carbocycles. The van der Waals surface area contributed by atoms with Crippen molar-refractivity contribution in [1.29, 1.82) is 0 Å². The van der Waals surface area contributed by atoms with Crippen molar-refractivity contribution in [3.63, 3.8) is 0 Å². The molecule has 1 saturated heterocycles. The van der Waals surface area contributed by atoms with E-state index in [2.05, 4.69) is 20.7 Å². The van der Waals surface area contributed by atoms with Crippen molar-refractivity contribution in [2.45, 2.75) is 44.5 Å². The van der Waals surface area contributed by atoms with E-state index in [1.165, 1.54) is 7.11 Å². The molecule has 1 aliphatic rings. The Labute approximate surface area is 120 Å². The second-order valence-corrected chi connectivity index (χ2v) is 6.20. The van der Waals surface area contributed by atoms with Crippen LogP contribution >= 0.6 is 15.9 Å². The van der Waals surface area contributed by atoms with Crippen molar-refractivity contribution in [1.82, 2.24) is 4.90 Å². The van der Waals surface area contributed by atoms with Gasteiger partial charge in [0, 0.05) is 11.8 Å². The van der Waals surface area contributed by atoms with E-state index in [1.807, 2.05) is 0 Å². The van der Waals surface area contributed by atoms with Gasteiger partial charge in [-0.3, -0.25) is 4.90 Å². The molecule has 1 rings (SSSR count). The number of halogens is 2. The van der Waals surface area contributed by atoms with E-state index in [9.17, 15) is 14.0 Å². The molecule has 2 atom stereocenters. The van der Waals surface area contributed by atoms with Gasteiger partial charge >= 0.3 is 12.1 Å². The van der Waals surface area contributed by atoms with Crippen LogP contribution < -0.4 is 0 Å². The van der Waals surface area contributed by atoms with Crippen molar-refractivity contribution < 1.29 is 23.5 Å². The van der Waals surface area contributed by atoms with Gasteiger partial charge in [-0.1, -0.05) is 15.9 Å². The third-order valence-corrected chi connectivity index (χ3v) is 3.73. The Balaban J connectivity index is 2.89. The van der Waals surface area contributed by atoms with Crippen molar-refractivity contribution in [2.24, 2.45) is 0 Å². The molecule has 1 aliphatic heterocycles. The second kappa shape index (κ2) is 5.64. The fourth-order valence-corrected chi connectivity index (χ4v) is 2.30. The average Bonchev–Trinajstić information content (AvgIpc) is 2.65. The summed E-state index contributed by atoms with van der Waals surface area (Å²) >= 11 is 3.06. The Kier molecular flexibility index (Phi) is 4.81. The number of likely N-dealkylation sites (tertiary alicyclic amines) is 1. The zero-order chi connectivity index (χ0) is 14.8. The summed E-state index contributed by atoms with van der Waals surface area (Å²) in [7, 11) is 1.21. The van der Waals surface area contributed by atoms with Crippen LogP contribution in [0.15, 0.2) is 0 Å². The summed E-state index contributed by atoms with van der Waals surface area (Å²) < 4.78 is 24.1. The third-order valence-electron chi connectivity index (χ3n) is 2.73. The van der Waals surface area contributed by atoms with E-state index < -0.39 is 29.4 Å². The van der Waals surface area contributed by atoms with Gasteiger partial charge in [-0.25, -0.2) is 14.0 Å². The van der Waals surface area contributed by atoms with Gasteiger partial charge in [-0.2, -0.15) is 0 Å². The van der Waals surface area contributed by atoms with Crippen molar-refractivity contribution >= 4 is 28.0 Å². The zero-order valence-corrected chi connectivity index (χ0v) is 13.1. The largest absolute Gasteiger partial charge is 0.467 e. The number of hydrogen-bond donors (Lipinski definition) is 0. The fraction of sp³-hybridized carbons (Fsp3) is 0.833. The van der Waals surface area contributed by atoms with Crippen molar-refractivity contribution in [3.05, 3.63) is 0 Å². The molecule has 110 valence electrons. The van der Waals surface area contributed by atoms with Crippen LogP contribution in [0, 0.1) is 0 Å². The molecule has 0 bridgehead atoms.